The molecule has 200 valence electrons. The van der Waals surface area contributed by atoms with E-state index in [1.165, 1.54) is 11.8 Å². The lowest BCUT2D eigenvalue weighted by molar-refractivity contribution is -0.115. The Morgan fingerprint density at radius 2 is 1.60 bits per heavy atom. The highest BCUT2D eigenvalue weighted by Crippen LogP contribution is 2.34. The first-order valence-corrected chi connectivity index (χ1v) is 13.7. The van der Waals surface area contributed by atoms with Crippen molar-refractivity contribution in [3.05, 3.63) is 109 Å². The Morgan fingerprint density at radius 1 is 0.900 bits per heavy atom. The van der Waals surface area contributed by atoms with Crippen molar-refractivity contribution >= 4 is 23.4 Å². The van der Waals surface area contributed by atoms with Gasteiger partial charge in [0.05, 0.1) is 11.8 Å². The van der Waals surface area contributed by atoms with Crippen molar-refractivity contribution in [1.82, 2.24) is 14.8 Å². The molecular formula is C31H26N4O4S. The molecule has 0 radical (unpaired) electrons. The van der Waals surface area contributed by atoms with Crippen molar-refractivity contribution in [2.24, 2.45) is 0 Å². The van der Waals surface area contributed by atoms with Crippen molar-refractivity contribution in [2.75, 3.05) is 12.1 Å². The fraction of sp³-hybridized carbons (Fsp3) is 0.129. The number of fused-ring (bicyclic) bond motifs is 1. The van der Waals surface area contributed by atoms with E-state index in [9.17, 15) is 4.79 Å². The molecule has 4 aromatic carbocycles. The zero-order chi connectivity index (χ0) is 27.3. The molecule has 8 nitrogen and oxygen atoms in total. The molecule has 40 heavy (non-hydrogen) atoms. The van der Waals surface area contributed by atoms with E-state index in [4.69, 9.17) is 14.2 Å². The third-order valence-electron chi connectivity index (χ3n) is 6.28. The number of thioether (sulfide) groups is 1. The second-order valence-electron chi connectivity index (χ2n) is 9.13. The predicted octanol–water partition coefficient (Wildman–Crippen LogP) is 6.63. The second-order valence-corrected chi connectivity index (χ2v) is 10.4. The molecule has 5 aromatic rings. The van der Waals surface area contributed by atoms with Gasteiger partial charge in [0.1, 0.15) is 11.5 Å². The summed E-state index contributed by atoms with van der Waals surface area (Å²) in [5, 5.41) is 12.2. The third kappa shape index (κ3) is 5.79. The number of carbonyl (C=O) groups excluding carboxylic acids is 1. The maximum atomic E-state index is 13.1. The molecule has 1 amide bonds. The van der Waals surface area contributed by atoms with Crippen LogP contribution in [-0.4, -0.2) is 32.7 Å². The van der Waals surface area contributed by atoms with E-state index >= 15 is 0 Å². The second kappa shape index (κ2) is 11.5. The summed E-state index contributed by atoms with van der Waals surface area (Å²) < 4.78 is 18.9. The molecule has 0 aliphatic carbocycles. The predicted molar refractivity (Wildman–Crippen MR) is 154 cm³/mol. The highest BCUT2D eigenvalue weighted by atomic mass is 32.2. The molecule has 0 saturated heterocycles. The number of amides is 1. The van der Waals surface area contributed by atoms with Crippen LogP contribution >= 0.6 is 11.8 Å². The van der Waals surface area contributed by atoms with Crippen LogP contribution in [0.25, 0.3) is 11.4 Å². The largest absolute Gasteiger partial charge is 0.457 e. The standard InChI is InChI=1S/C31H26N4O4S/c1-21(30(36)32-24-13-15-26(16-14-24)39-25-10-6-3-7-11-25)40-31-34-33-29(23-8-4-2-5-9-23)35(31)19-22-12-17-27-28(18-22)38-20-37-27/h2-18,21H,19-20H2,1H3,(H,32,36)/t21-/m1/s1. The van der Waals surface area contributed by atoms with Crippen molar-refractivity contribution < 1.29 is 19.0 Å². The van der Waals surface area contributed by atoms with E-state index in [-0.39, 0.29) is 12.7 Å². The van der Waals surface area contributed by atoms with Crippen molar-refractivity contribution in [3.8, 4) is 34.4 Å². The molecule has 1 aromatic heterocycles. The van der Waals surface area contributed by atoms with E-state index in [0.29, 0.717) is 28.9 Å². The van der Waals surface area contributed by atoms with Gasteiger partial charge >= 0.3 is 0 Å². The SMILES string of the molecule is C[C@@H](Sc1nnc(-c2ccccc2)n1Cc1ccc2c(c1)OCO2)C(=O)Nc1ccc(Oc2ccccc2)cc1. The molecule has 2 heterocycles. The first-order valence-electron chi connectivity index (χ1n) is 12.8. The van der Waals surface area contributed by atoms with E-state index < -0.39 is 5.25 Å². The molecule has 0 bridgehead atoms. The lowest BCUT2D eigenvalue weighted by Crippen LogP contribution is -2.23. The van der Waals surface area contributed by atoms with Crippen LogP contribution in [0.4, 0.5) is 5.69 Å². The summed E-state index contributed by atoms with van der Waals surface area (Å²) in [7, 11) is 0. The van der Waals surface area contributed by atoms with Crippen LogP contribution in [0, 0.1) is 0 Å². The summed E-state index contributed by atoms with van der Waals surface area (Å²) in [5.41, 5.74) is 2.64. The molecular weight excluding hydrogens is 524 g/mol. The number of aromatic nitrogens is 3. The number of hydrogen-bond acceptors (Lipinski definition) is 7. The molecule has 1 atom stereocenters. The minimum atomic E-state index is -0.427. The number of ether oxygens (including phenoxy) is 3. The normalized spacial score (nSPS) is 12.6. The molecule has 9 heteroatoms. The van der Waals surface area contributed by atoms with Gasteiger partial charge in [0.2, 0.25) is 12.7 Å². The first-order chi connectivity index (χ1) is 19.6. The summed E-state index contributed by atoms with van der Waals surface area (Å²) >= 11 is 1.36. The maximum absolute atomic E-state index is 13.1. The van der Waals surface area contributed by atoms with Gasteiger partial charge in [-0.2, -0.15) is 0 Å². The number of para-hydroxylation sites is 1. The zero-order valence-corrected chi connectivity index (χ0v) is 22.5. The highest BCUT2D eigenvalue weighted by Gasteiger charge is 2.22. The average Bonchev–Trinajstić information content (AvgIpc) is 3.62. The number of hydrogen-bond donors (Lipinski definition) is 1. The Morgan fingerprint density at radius 3 is 2.38 bits per heavy atom. The summed E-state index contributed by atoms with van der Waals surface area (Å²) in [6.45, 7) is 2.58. The van der Waals surface area contributed by atoms with Gasteiger partial charge in [-0.1, -0.05) is 66.4 Å². The van der Waals surface area contributed by atoms with E-state index in [1.807, 2.05) is 115 Å². The van der Waals surface area contributed by atoms with Crippen molar-refractivity contribution in [3.63, 3.8) is 0 Å². The summed E-state index contributed by atoms with van der Waals surface area (Å²) in [6.07, 6.45) is 0. The van der Waals surface area contributed by atoms with Gasteiger partial charge in [0.25, 0.3) is 0 Å². The number of rotatable bonds is 9. The van der Waals surface area contributed by atoms with Crippen LogP contribution in [0.1, 0.15) is 12.5 Å². The van der Waals surface area contributed by atoms with Gasteiger partial charge in [-0.3, -0.25) is 9.36 Å². The molecule has 0 unspecified atom stereocenters. The fourth-order valence-corrected chi connectivity index (χ4v) is 5.08. The van der Waals surface area contributed by atoms with Gasteiger partial charge in [0.15, 0.2) is 22.5 Å². The molecule has 0 fully saturated rings. The zero-order valence-electron chi connectivity index (χ0n) is 21.7. The molecule has 1 aliphatic rings. The van der Waals surface area contributed by atoms with Crippen LogP contribution in [0.3, 0.4) is 0 Å². The third-order valence-corrected chi connectivity index (χ3v) is 7.36. The molecule has 0 spiro atoms. The molecule has 1 N–H and O–H groups in total. The monoisotopic (exact) mass is 550 g/mol. The van der Waals surface area contributed by atoms with Gasteiger partial charge in [-0.15, -0.1) is 10.2 Å². The van der Waals surface area contributed by atoms with Gasteiger partial charge in [0, 0.05) is 11.3 Å². The quantitative estimate of drug-likeness (QED) is 0.206. The van der Waals surface area contributed by atoms with Crippen molar-refractivity contribution in [2.45, 2.75) is 23.9 Å². The van der Waals surface area contributed by atoms with Crippen LogP contribution in [0.15, 0.2) is 108 Å². The molecule has 0 saturated carbocycles. The summed E-state index contributed by atoms with van der Waals surface area (Å²) in [4.78, 5) is 13.1. The number of carbonyl (C=O) groups is 1. The molecule has 6 rings (SSSR count). The lowest BCUT2D eigenvalue weighted by Gasteiger charge is -2.14. The molecule has 1 aliphatic heterocycles. The van der Waals surface area contributed by atoms with Gasteiger partial charge in [-0.25, -0.2) is 0 Å². The van der Waals surface area contributed by atoms with Crippen LogP contribution in [0.2, 0.25) is 0 Å². The lowest BCUT2D eigenvalue weighted by atomic mass is 10.2. The van der Waals surface area contributed by atoms with E-state index in [1.54, 1.807) is 0 Å². The Hall–Kier alpha value is -4.76. The minimum Gasteiger partial charge on any atom is -0.457 e. The number of anilines is 1. The first kappa shape index (κ1) is 25.5. The topological polar surface area (TPSA) is 87.5 Å². The van der Waals surface area contributed by atoms with E-state index in [2.05, 4.69) is 15.5 Å². The Labute approximate surface area is 235 Å². The van der Waals surface area contributed by atoms with Crippen LogP contribution in [0.5, 0.6) is 23.0 Å². The Kier molecular flexibility index (Phi) is 7.37. The maximum Gasteiger partial charge on any atom is 0.237 e. The van der Waals surface area contributed by atoms with Crippen LogP contribution < -0.4 is 19.5 Å². The van der Waals surface area contributed by atoms with Gasteiger partial charge in [-0.05, 0) is 61.0 Å². The average molecular weight is 551 g/mol. The number of nitrogens with one attached hydrogen (secondary N) is 1. The fourth-order valence-electron chi connectivity index (χ4n) is 4.23. The minimum absolute atomic E-state index is 0.138. The smallest absolute Gasteiger partial charge is 0.237 e. The Balaban J connectivity index is 1.17. The number of benzene rings is 4. The van der Waals surface area contributed by atoms with E-state index in [0.717, 1.165) is 28.5 Å². The van der Waals surface area contributed by atoms with Gasteiger partial charge < -0.3 is 19.5 Å². The van der Waals surface area contributed by atoms with Crippen molar-refractivity contribution in [1.29, 1.82) is 0 Å². The number of nitrogens with zero attached hydrogens (tertiary/aromatic N) is 3. The highest BCUT2D eigenvalue weighted by molar-refractivity contribution is 8.00. The summed E-state index contributed by atoms with van der Waals surface area (Å²) in [5.74, 6) is 3.48. The summed E-state index contributed by atoms with van der Waals surface area (Å²) in [6, 6.07) is 32.6. The van der Waals surface area contributed by atoms with Crippen LogP contribution in [-0.2, 0) is 11.3 Å². The Bertz CT molecular complexity index is 1610.